The van der Waals surface area contributed by atoms with Gasteiger partial charge in [0, 0.05) is 42.4 Å². The Morgan fingerprint density at radius 3 is 2.46 bits per heavy atom. The number of nitrogens with zero attached hydrogens (tertiary/aromatic N) is 1. The molecule has 0 aliphatic heterocycles. The summed E-state index contributed by atoms with van der Waals surface area (Å²) in [5, 5.41) is 3.10. The third-order valence-corrected chi connectivity index (χ3v) is 5.73. The lowest BCUT2D eigenvalue weighted by molar-refractivity contribution is -0.114. The number of carbonyl (C=O) groups is 3. The molecule has 2 aromatic heterocycles. The second kappa shape index (κ2) is 9.16. The third-order valence-electron chi connectivity index (χ3n) is 4.61. The van der Waals surface area contributed by atoms with E-state index in [2.05, 4.69) is 5.32 Å². The number of nitrogens with one attached hydrogen (secondary N) is 1. The Morgan fingerprint density at radius 1 is 1.18 bits per heavy atom. The Hall–Kier alpha value is -2.45. The Bertz CT molecular complexity index is 910. The Labute approximate surface area is 168 Å². The number of ether oxygens (including phenoxy) is 2. The van der Waals surface area contributed by atoms with Gasteiger partial charge in [0.15, 0.2) is 6.61 Å². The molecule has 0 spiro atoms. The molecule has 0 fully saturated rings. The van der Waals surface area contributed by atoms with Gasteiger partial charge in [-0.1, -0.05) is 0 Å². The fourth-order valence-electron chi connectivity index (χ4n) is 3.01. The molecule has 0 atom stereocenters. The van der Waals surface area contributed by atoms with Crippen molar-refractivity contribution in [2.45, 2.75) is 41.2 Å². The highest BCUT2D eigenvalue weighted by Gasteiger charge is 2.23. The summed E-state index contributed by atoms with van der Waals surface area (Å²) in [5.41, 5.74) is 3.33. The zero-order chi connectivity index (χ0) is 21.0. The van der Waals surface area contributed by atoms with E-state index in [1.807, 2.05) is 25.3 Å². The topological polar surface area (TPSA) is 86.6 Å². The van der Waals surface area contributed by atoms with E-state index in [1.54, 1.807) is 20.1 Å². The minimum atomic E-state index is -0.618. The van der Waals surface area contributed by atoms with Crippen LogP contribution in [0.1, 0.15) is 49.5 Å². The number of amides is 1. The minimum Gasteiger partial charge on any atom is -0.454 e. The van der Waals surface area contributed by atoms with E-state index in [9.17, 15) is 14.4 Å². The first-order valence-corrected chi connectivity index (χ1v) is 9.72. The molecule has 1 amide bonds. The fraction of sp³-hybridized carbons (Fsp3) is 0.450. The fourth-order valence-corrected chi connectivity index (χ4v) is 4.11. The van der Waals surface area contributed by atoms with Crippen molar-refractivity contribution in [3.63, 3.8) is 0 Å². The predicted octanol–water partition coefficient (Wildman–Crippen LogP) is 3.43. The standard InChI is InChI=1S/C20H26N2O5S/c1-11-9-16(13(3)22(11)7-8-26-6)17(24)10-27-20(25)18-12(2)14(4)28-19(18)21-15(5)23/h9H,7-8,10H2,1-6H3,(H,21,23). The van der Waals surface area contributed by atoms with E-state index >= 15 is 0 Å². The molecule has 2 heterocycles. The number of ketones is 1. The summed E-state index contributed by atoms with van der Waals surface area (Å²) >= 11 is 1.31. The zero-order valence-electron chi connectivity index (χ0n) is 17.1. The van der Waals surface area contributed by atoms with Crippen LogP contribution in [0.3, 0.4) is 0 Å². The molecule has 28 heavy (non-hydrogen) atoms. The average Bonchev–Trinajstić information content (AvgIpc) is 3.06. The Balaban J connectivity index is 2.14. The highest BCUT2D eigenvalue weighted by Crippen LogP contribution is 2.33. The molecule has 0 saturated heterocycles. The number of aryl methyl sites for hydroxylation is 2. The first kappa shape index (κ1) is 21.8. The summed E-state index contributed by atoms with van der Waals surface area (Å²) < 4.78 is 12.4. The molecule has 0 radical (unpaired) electrons. The zero-order valence-corrected chi connectivity index (χ0v) is 17.9. The number of aromatic nitrogens is 1. The predicted molar refractivity (Wildman–Crippen MR) is 108 cm³/mol. The summed E-state index contributed by atoms with van der Waals surface area (Å²) in [6.07, 6.45) is 0. The number of anilines is 1. The highest BCUT2D eigenvalue weighted by atomic mass is 32.1. The number of hydrogen-bond donors (Lipinski definition) is 1. The maximum Gasteiger partial charge on any atom is 0.341 e. The summed E-state index contributed by atoms with van der Waals surface area (Å²) in [4.78, 5) is 37.5. The third kappa shape index (κ3) is 4.69. The van der Waals surface area contributed by atoms with Crippen molar-refractivity contribution in [2.24, 2.45) is 0 Å². The van der Waals surface area contributed by atoms with E-state index in [0.717, 1.165) is 21.8 Å². The molecule has 0 aliphatic carbocycles. The summed E-state index contributed by atoms with van der Waals surface area (Å²) in [6.45, 7) is 9.64. The van der Waals surface area contributed by atoms with Gasteiger partial charge in [0.05, 0.1) is 12.2 Å². The number of thiophene rings is 1. The second-order valence-electron chi connectivity index (χ2n) is 6.60. The number of carbonyl (C=O) groups excluding carboxylic acids is 3. The molecule has 0 bridgehead atoms. The Kier molecular flexibility index (Phi) is 7.15. The monoisotopic (exact) mass is 406 g/mol. The molecule has 2 aromatic rings. The molecular formula is C20H26N2O5S. The number of rotatable bonds is 8. The van der Waals surface area contributed by atoms with Gasteiger partial charge in [-0.3, -0.25) is 9.59 Å². The quantitative estimate of drug-likeness (QED) is 0.536. The van der Waals surface area contributed by atoms with Gasteiger partial charge in [0.1, 0.15) is 5.00 Å². The van der Waals surface area contributed by atoms with Crippen LogP contribution in [0.4, 0.5) is 5.00 Å². The number of esters is 1. The first-order valence-electron chi connectivity index (χ1n) is 8.90. The van der Waals surface area contributed by atoms with Crippen molar-refractivity contribution < 1.29 is 23.9 Å². The van der Waals surface area contributed by atoms with Crippen molar-refractivity contribution in [3.8, 4) is 0 Å². The summed E-state index contributed by atoms with van der Waals surface area (Å²) in [5.74, 6) is -1.15. The molecule has 0 aromatic carbocycles. The molecule has 8 heteroatoms. The van der Waals surface area contributed by atoms with E-state index < -0.39 is 5.97 Å². The van der Waals surface area contributed by atoms with Gasteiger partial charge in [-0.25, -0.2) is 4.79 Å². The molecule has 152 valence electrons. The highest BCUT2D eigenvalue weighted by molar-refractivity contribution is 7.16. The molecule has 0 saturated carbocycles. The van der Waals surface area contributed by atoms with Crippen molar-refractivity contribution in [1.82, 2.24) is 4.57 Å². The van der Waals surface area contributed by atoms with Gasteiger partial charge in [0.25, 0.3) is 0 Å². The van der Waals surface area contributed by atoms with Gasteiger partial charge in [0.2, 0.25) is 11.7 Å². The smallest absolute Gasteiger partial charge is 0.341 e. The Morgan fingerprint density at radius 2 is 1.86 bits per heavy atom. The molecule has 7 nitrogen and oxygen atoms in total. The van der Waals surface area contributed by atoms with Crippen LogP contribution in [-0.2, 0) is 20.8 Å². The van der Waals surface area contributed by atoms with Gasteiger partial charge >= 0.3 is 5.97 Å². The van der Waals surface area contributed by atoms with Crippen molar-refractivity contribution in [1.29, 1.82) is 0 Å². The number of methoxy groups -OCH3 is 1. The minimum absolute atomic E-state index is 0.268. The second-order valence-corrected chi connectivity index (χ2v) is 7.82. The van der Waals surface area contributed by atoms with Crippen LogP contribution in [0.2, 0.25) is 0 Å². The van der Waals surface area contributed by atoms with E-state index in [4.69, 9.17) is 9.47 Å². The maximum absolute atomic E-state index is 12.6. The SMILES string of the molecule is COCCn1c(C)cc(C(=O)COC(=O)c2c(NC(C)=O)sc(C)c2C)c1C. The number of hydrogen-bond acceptors (Lipinski definition) is 6. The van der Waals surface area contributed by atoms with E-state index in [-0.39, 0.29) is 18.3 Å². The molecule has 1 N–H and O–H groups in total. The van der Waals surface area contributed by atoms with Crippen LogP contribution in [0.25, 0.3) is 0 Å². The normalized spacial score (nSPS) is 10.8. The van der Waals surface area contributed by atoms with Crippen LogP contribution in [0.15, 0.2) is 6.07 Å². The van der Waals surface area contributed by atoms with Crippen molar-refractivity contribution in [2.75, 3.05) is 25.6 Å². The average molecular weight is 407 g/mol. The van der Waals surface area contributed by atoms with Crippen LogP contribution < -0.4 is 5.32 Å². The van der Waals surface area contributed by atoms with Crippen molar-refractivity contribution in [3.05, 3.63) is 39.0 Å². The van der Waals surface area contributed by atoms with Gasteiger partial charge < -0.3 is 19.4 Å². The van der Waals surface area contributed by atoms with Crippen LogP contribution in [0.5, 0.6) is 0 Å². The molecular weight excluding hydrogens is 380 g/mol. The van der Waals surface area contributed by atoms with Gasteiger partial charge in [-0.05, 0) is 39.3 Å². The van der Waals surface area contributed by atoms with Gasteiger partial charge in [-0.2, -0.15) is 0 Å². The first-order chi connectivity index (χ1) is 13.2. The van der Waals surface area contributed by atoms with Crippen molar-refractivity contribution >= 4 is 34.0 Å². The van der Waals surface area contributed by atoms with Crippen LogP contribution in [0, 0.1) is 27.7 Å². The summed E-state index contributed by atoms with van der Waals surface area (Å²) in [6, 6.07) is 1.80. The largest absolute Gasteiger partial charge is 0.454 e. The van der Waals surface area contributed by atoms with Gasteiger partial charge in [-0.15, -0.1) is 11.3 Å². The molecule has 2 rings (SSSR count). The van der Waals surface area contributed by atoms with Crippen LogP contribution in [-0.4, -0.2) is 42.6 Å². The van der Waals surface area contributed by atoms with E-state index in [1.165, 1.54) is 18.3 Å². The van der Waals surface area contributed by atoms with Crippen LogP contribution >= 0.6 is 11.3 Å². The van der Waals surface area contributed by atoms with E-state index in [0.29, 0.717) is 29.3 Å². The molecule has 0 unspecified atom stereocenters. The lowest BCUT2D eigenvalue weighted by atomic mass is 10.1. The lowest BCUT2D eigenvalue weighted by Crippen LogP contribution is -2.17. The summed E-state index contributed by atoms with van der Waals surface area (Å²) in [7, 11) is 1.63. The maximum atomic E-state index is 12.6. The lowest BCUT2D eigenvalue weighted by Gasteiger charge is -2.09. The number of Topliss-reactive ketones (excluding diaryl/α,β-unsaturated/α-hetero) is 1. The molecule has 0 aliphatic rings.